The highest BCUT2D eigenvalue weighted by atomic mass is 32.1. The molecule has 5 nitrogen and oxygen atoms in total. The molecule has 8 heteroatoms. The van der Waals surface area contributed by atoms with Crippen molar-refractivity contribution in [2.24, 2.45) is 0 Å². The first-order chi connectivity index (χ1) is 11.6. The lowest BCUT2D eigenvalue weighted by Crippen LogP contribution is -2.47. The van der Waals surface area contributed by atoms with E-state index in [2.05, 4.69) is 10.3 Å². The van der Waals surface area contributed by atoms with Gasteiger partial charge in [-0.2, -0.15) is 0 Å². The molecule has 0 saturated carbocycles. The van der Waals surface area contributed by atoms with Gasteiger partial charge in [-0.05, 0) is 17.7 Å². The number of aromatic nitrogens is 1. The molecule has 1 saturated heterocycles. The van der Waals surface area contributed by atoms with Crippen molar-refractivity contribution in [2.75, 3.05) is 26.2 Å². The van der Waals surface area contributed by atoms with Crippen LogP contribution in [0.2, 0.25) is 0 Å². The maximum Gasteiger partial charge on any atom is 0.317 e. The molecular weight excluding hydrogens is 336 g/mol. The zero-order valence-electron chi connectivity index (χ0n) is 12.9. The second kappa shape index (κ2) is 7.67. The largest absolute Gasteiger partial charge is 0.370 e. The van der Waals surface area contributed by atoms with Crippen LogP contribution in [0.5, 0.6) is 0 Å². The van der Waals surface area contributed by atoms with Crippen LogP contribution in [0, 0.1) is 11.6 Å². The van der Waals surface area contributed by atoms with Crippen molar-refractivity contribution in [1.29, 1.82) is 0 Å². The molecule has 1 aromatic heterocycles. The van der Waals surface area contributed by atoms with E-state index >= 15 is 0 Å². The summed E-state index contributed by atoms with van der Waals surface area (Å²) in [7, 11) is 0. The van der Waals surface area contributed by atoms with Gasteiger partial charge in [-0.1, -0.05) is 6.07 Å². The number of carbonyl (C=O) groups excluding carboxylic acids is 1. The molecule has 1 N–H and O–H groups in total. The molecule has 2 amide bonds. The number of nitrogens with zero attached hydrogens (tertiary/aromatic N) is 2. The van der Waals surface area contributed by atoms with E-state index in [1.807, 2.05) is 5.38 Å². The van der Waals surface area contributed by atoms with E-state index in [0.717, 1.165) is 17.8 Å². The minimum atomic E-state index is -0.916. The van der Waals surface area contributed by atoms with Crippen molar-refractivity contribution in [3.63, 3.8) is 0 Å². The lowest BCUT2D eigenvalue weighted by Gasteiger charge is -2.33. The third-order valence-electron chi connectivity index (χ3n) is 3.81. The first kappa shape index (κ1) is 16.8. The van der Waals surface area contributed by atoms with E-state index in [9.17, 15) is 13.6 Å². The predicted molar refractivity (Wildman–Crippen MR) is 85.8 cm³/mol. The third-order valence-corrected chi connectivity index (χ3v) is 4.45. The minimum Gasteiger partial charge on any atom is -0.370 e. The van der Waals surface area contributed by atoms with E-state index in [-0.39, 0.29) is 6.03 Å². The molecule has 2 heterocycles. The molecule has 0 aliphatic carbocycles. The van der Waals surface area contributed by atoms with Gasteiger partial charge < -0.3 is 15.0 Å². The molecule has 128 valence electrons. The van der Waals surface area contributed by atoms with E-state index in [1.165, 1.54) is 17.4 Å². The molecule has 0 bridgehead atoms. The van der Waals surface area contributed by atoms with Crippen molar-refractivity contribution in [1.82, 2.24) is 15.2 Å². The van der Waals surface area contributed by atoms with Crippen LogP contribution in [0.25, 0.3) is 0 Å². The van der Waals surface area contributed by atoms with Crippen molar-refractivity contribution in [3.8, 4) is 0 Å². The first-order valence-corrected chi connectivity index (χ1v) is 8.54. The summed E-state index contributed by atoms with van der Waals surface area (Å²) >= 11 is 1.52. The van der Waals surface area contributed by atoms with Gasteiger partial charge in [0.05, 0.1) is 24.4 Å². The number of urea groups is 1. The van der Waals surface area contributed by atoms with Crippen LogP contribution in [0.1, 0.15) is 17.4 Å². The molecule has 1 unspecified atom stereocenters. The van der Waals surface area contributed by atoms with Crippen LogP contribution in [-0.4, -0.2) is 42.2 Å². The van der Waals surface area contributed by atoms with Gasteiger partial charge in [0, 0.05) is 24.9 Å². The van der Waals surface area contributed by atoms with Gasteiger partial charge in [0.15, 0.2) is 11.6 Å². The lowest BCUT2D eigenvalue weighted by atomic mass is 10.1. The minimum absolute atomic E-state index is 0.193. The first-order valence-electron chi connectivity index (χ1n) is 7.60. The van der Waals surface area contributed by atoms with Gasteiger partial charge >= 0.3 is 6.03 Å². The Balaban J connectivity index is 1.54. The summed E-state index contributed by atoms with van der Waals surface area (Å²) in [6.07, 6.45) is 0.213. The number of amides is 2. The number of carbonyl (C=O) groups is 1. The quantitative estimate of drug-likeness (QED) is 0.920. The molecular formula is C16H17F2N3O2S. The summed E-state index contributed by atoms with van der Waals surface area (Å²) in [5, 5.41) is 4.79. The van der Waals surface area contributed by atoms with E-state index in [1.54, 1.807) is 10.4 Å². The number of benzene rings is 1. The van der Waals surface area contributed by atoms with Gasteiger partial charge in [-0.3, -0.25) is 0 Å². The number of halogens is 2. The van der Waals surface area contributed by atoms with Crippen LogP contribution in [0.3, 0.4) is 0 Å². The van der Waals surface area contributed by atoms with Gasteiger partial charge in [0.1, 0.15) is 6.10 Å². The number of ether oxygens (including phenoxy) is 1. The van der Waals surface area contributed by atoms with Crippen molar-refractivity contribution < 1.29 is 18.3 Å². The Morgan fingerprint density at radius 1 is 1.42 bits per heavy atom. The average molecular weight is 353 g/mol. The molecule has 1 atom stereocenters. The standard InChI is InChI=1S/C16H17F2N3O2S/c17-13-2-1-11(7-14(13)18)15-8-21(5-6-23-15)16(22)19-4-3-12-9-24-10-20-12/h1-2,7,9-10,15H,3-6,8H2,(H,19,22). The second-order valence-corrected chi connectivity index (χ2v) is 6.16. The van der Waals surface area contributed by atoms with Crippen molar-refractivity contribution in [3.05, 3.63) is 52.0 Å². The zero-order valence-corrected chi connectivity index (χ0v) is 13.7. The fourth-order valence-electron chi connectivity index (χ4n) is 2.52. The van der Waals surface area contributed by atoms with E-state index in [0.29, 0.717) is 38.2 Å². The van der Waals surface area contributed by atoms with Crippen LogP contribution in [-0.2, 0) is 11.2 Å². The molecule has 1 aromatic carbocycles. The Labute approximate surface area is 142 Å². The number of hydrogen-bond donors (Lipinski definition) is 1. The molecule has 1 aliphatic heterocycles. The second-order valence-electron chi connectivity index (χ2n) is 5.44. The summed E-state index contributed by atoms with van der Waals surface area (Å²) in [4.78, 5) is 18.0. The Hall–Kier alpha value is -2.06. The number of thiazole rings is 1. The van der Waals surface area contributed by atoms with Crippen molar-refractivity contribution >= 4 is 17.4 Å². The van der Waals surface area contributed by atoms with E-state index in [4.69, 9.17) is 4.74 Å². The fourth-order valence-corrected chi connectivity index (χ4v) is 3.11. The van der Waals surface area contributed by atoms with Gasteiger partial charge in [-0.15, -0.1) is 11.3 Å². The van der Waals surface area contributed by atoms with Gasteiger partial charge in [-0.25, -0.2) is 18.6 Å². The summed E-state index contributed by atoms with van der Waals surface area (Å²) < 4.78 is 32.0. The highest BCUT2D eigenvalue weighted by Crippen LogP contribution is 2.23. The Morgan fingerprint density at radius 3 is 3.04 bits per heavy atom. The Morgan fingerprint density at radius 2 is 2.29 bits per heavy atom. The summed E-state index contributed by atoms with van der Waals surface area (Å²) in [6.45, 7) is 1.61. The number of hydrogen-bond acceptors (Lipinski definition) is 4. The summed E-state index contributed by atoms with van der Waals surface area (Å²) in [5.41, 5.74) is 3.22. The van der Waals surface area contributed by atoms with Crippen LogP contribution < -0.4 is 5.32 Å². The SMILES string of the molecule is O=C(NCCc1cscn1)N1CCOC(c2ccc(F)c(F)c2)C1. The summed E-state index contributed by atoms with van der Waals surface area (Å²) in [5.74, 6) is -1.81. The monoisotopic (exact) mass is 353 g/mol. The highest BCUT2D eigenvalue weighted by Gasteiger charge is 2.25. The molecule has 0 spiro atoms. The van der Waals surface area contributed by atoms with Crippen LogP contribution in [0.15, 0.2) is 29.1 Å². The topological polar surface area (TPSA) is 54.5 Å². The number of nitrogens with one attached hydrogen (secondary N) is 1. The smallest absolute Gasteiger partial charge is 0.317 e. The van der Waals surface area contributed by atoms with Gasteiger partial charge in [0.25, 0.3) is 0 Å². The molecule has 3 rings (SSSR count). The Kier molecular flexibility index (Phi) is 5.37. The van der Waals surface area contributed by atoms with Crippen molar-refractivity contribution in [2.45, 2.75) is 12.5 Å². The summed E-state index contributed by atoms with van der Waals surface area (Å²) in [6, 6.07) is 3.47. The van der Waals surface area contributed by atoms with Gasteiger partial charge in [0.2, 0.25) is 0 Å². The molecule has 2 aromatic rings. The highest BCUT2D eigenvalue weighted by molar-refractivity contribution is 7.07. The zero-order chi connectivity index (χ0) is 16.9. The lowest BCUT2D eigenvalue weighted by molar-refractivity contribution is -0.0155. The molecule has 1 aliphatic rings. The average Bonchev–Trinajstić information content (AvgIpc) is 3.11. The maximum atomic E-state index is 13.4. The Bertz CT molecular complexity index is 697. The fraction of sp³-hybridized carbons (Fsp3) is 0.375. The van der Waals surface area contributed by atoms with E-state index < -0.39 is 17.7 Å². The van der Waals surface area contributed by atoms with Crippen LogP contribution in [0.4, 0.5) is 13.6 Å². The normalized spacial score (nSPS) is 17.8. The van der Waals surface area contributed by atoms with Crippen LogP contribution >= 0.6 is 11.3 Å². The number of rotatable bonds is 4. The maximum absolute atomic E-state index is 13.4. The predicted octanol–water partition coefficient (Wildman–Crippen LogP) is 2.75. The molecule has 0 radical (unpaired) electrons. The third kappa shape index (κ3) is 4.07. The number of morpholine rings is 1. The molecule has 1 fully saturated rings. The molecule has 24 heavy (non-hydrogen) atoms.